The molecule has 2 heterocycles. The van der Waals surface area contributed by atoms with Gasteiger partial charge in [-0.25, -0.2) is 9.97 Å². The summed E-state index contributed by atoms with van der Waals surface area (Å²) in [6, 6.07) is 5.98. The van der Waals surface area contributed by atoms with Gasteiger partial charge in [-0.1, -0.05) is 26.8 Å². The summed E-state index contributed by atoms with van der Waals surface area (Å²) in [6.07, 6.45) is 1.78. The molecule has 0 aliphatic heterocycles. The molecule has 0 saturated carbocycles. The van der Waals surface area contributed by atoms with Gasteiger partial charge in [-0.15, -0.1) is 0 Å². The number of hydrogen-bond donors (Lipinski definition) is 1. The SMILES string of the molecule is CCNc1cc(C(C)(C)C)nc(-c2ncccc2C)n1. The molecule has 4 nitrogen and oxygen atoms in total. The molecule has 2 rings (SSSR count). The molecule has 0 atom stereocenters. The minimum atomic E-state index is -0.0233. The lowest BCUT2D eigenvalue weighted by atomic mass is 9.92. The predicted octanol–water partition coefficient (Wildman–Crippen LogP) is 3.58. The van der Waals surface area contributed by atoms with E-state index in [1.807, 2.05) is 25.1 Å². The topological polar surface area (TPSA) is 50.7 Å². The van der Waals surface area contributed by atoms with E-state index in [1.165, 1.54) is 0 Å². The number of nitrogens with zero attached hydrogens (tertiary/aromatic N) is 3. The predicted molar refractivity (Wildman–Crippen MR) is 82.9 cm³/mol. The standard InChI is InChI=1S/C16H22N4/c1-6-17-13-10-12(16(3,4)5)19-15(20-13)14-11(2)8-7-9-18-14/h7-10H,6H2,1-5H3,(H,17,19,20). The number of anilines is 1. The zero-order valence-electron chi connectivity index (χ0n) is 12.9. The van der Waals surface area contributed by atoms with Gasteiger partial charge in [-0.3, -0.25) is 4.98 Å². The van der Waals surface area contributed by atoms with Crippen molar-refractivity contribution in [3.8, 4) is 11.5 Å². The molecule has 0 bridgehead atoms. The van der Waals surface area contributed by atoms with Crippen molar-refractivity contribution in [1.29, 1.82) is 0 Å². The molecule has 2 aromatic heterocycles. The van der Waals surface area contributed by atoms with Crippen molar-refractivity contribution in [1.82, 2.24) is 15.0 Å². The third-order valence-corrected chi connectivity index (χ3v) is 3.07. The Morgan fingerprint density at radius 3 is 2.55 bits per heavy atom. The maximum absolute atomic E-state index is 4.70. The smallest absolute Gasteiger partial charge is 0.180 e. The van der Waals surface area contributed by atoms with Gasteiger partial charge in [0.2, 0.25) is 0 Å². The fraction of sp³-hybridized carbons (Fsp3) is 0.438. The van der Waals surface area contributed by atoms with Gasteiger partial charge in [-0.2, -0.15) is 0 Å². The van der Waals surface area contributed by atoms with Gasteiger partial charge in [0.05, 0.1) is 5.69 Å². The van der Waals surface area contributed by atoms with Gasteiger partial charge >= 0.3 is 0 Å². The van der Waals surface area contributed by atoms with Gasteiger partial charge in [0.1, 0.15) is 11.5 Å². The van der Waals surface area contributed by atoms with Crippen LogP contribution in [-0.2, 0) is 5.41 Å². The summed E-state index contributed by atoms with van der Waals surface area (Å²) in [5.41, 5.74) is 2.92. The zero-order valence-corrected chi connectivity index (χ0v) is 12.9. The quantitative estimate of drug-likeness (QED) is 0.926. The molecule has 106 valence electrons. The largest absolute Gasteiger partial charge is 0.370 e. The Bertz CT molecular complexity index is 600. The van der Waals surface area contributed by atoms with Crippen LogP contribution in [-0.4, -0.2) is 21.5 Å². The molecule has 0 fully saturated rings. The molecule has 0 radical (unpaired) electrons. The van der Waals surface area contributed by atoms with Crippen molar-refractivity contribution in [2.24, 2.45) is 0 Å². The van der Waals surface area contributed by atoms with Crippen LogP contribution in [0, 0.1) is 6.92 Å². The summed E-state index contributed by atoms with van der Waals surface area (Å²) in [5.74, 6) is 1.54. The number of rotatable bonds is 3. The van der Waals surface area contributed by atoms with Crippen LogP contribution in [0.1, 0.15) is 39.0 Å². The Kier molecular flexibility index (Phi) is 4.02. The first-order valence-corrected chi connectivity index (χ1v) is 6.97. The first-order chi connectivity index (χ1) is 9.41. The van der Waals surface area contributed by atoms with Crippen molar-refractivity contribution in [2.75, 3.05) is 11.9 Å². The lowest BCUT2D eigenvalue weighted by Gasteiger charge is -2.19. The summed E-state index contributed by atoms with van der Waals surface area (Å²) < 4.78 is 0. The summed E-state index contributed by atoms with van der Waals surface area (Å²) in [4.78, 5) is 13.7. The van der Waals surface area contributed by atoms with E-state index in [0.717, 1.165) is 29.3 Å². The van der Waals surface area contributed by atoms with E-state index in [1.54, 1.807) is 6.20 Å². The molecule has 0 aliphatic rings. The van der Waals surface area contributed by atoms with Crippen LogP contribution in [0.5, 0.6) is 0 Å². The lowest BCUT2D eigenvalue weighted by Crippen LogP contribution is -2.16. The average molecular weight is 270 g/mol. The molecular weight excluding hydrogens is 248 g/mol. The maximum atomic E-state index is 4.70. The van der Waals surface area contributed by atoms with Crippen molar-refractivity contribution < 1.29 is 0 Å². The third kappa shape index (κ3) is 3.13. The van der Waals surface area contributed by atoms with Crippen molar-refractivity contribution in [2.45, 2.75) is 40.0 Å². The minimum absolute atomic E-state index is 0.0233. The third-order valence-electron chi connectivity index (χ3n) is 3.07. The number of aryl methyl sites for hydroxylation is 1. The van der Waals surface area contributed by atoms with Crippen LogP contribution in [0.4, 0.5) is 5.82 Å². The lowest BCUT2D eigenvalue weighted by molar-refractivity contribution is 0.568. The molecule has 1 N–H and O–H groups in total. The highest BCUT2D eigenvalue weighted by molar-refractivity contribution is 5.57. The Morgan fingerprint density at radius 1 is 1.20 bits per heavy atom. The summed E-state index contributed by atoms with van der Waals surface area (Å²) in [5, 5.41) is 3.27. The van der Waals surface area contributed by atoms with Crippen molar-refractivity contribution in [3.63, 3.8) is 0 Å². The minimum Gasteiger partial charge on any atom is -0.370 e. The molecule has 4 heteroatoms. The normalized spacial score (nSPS) is 11.4. The van der Waals surface area contributed by atoms with Gasteiger partial charge < -0.3 is 5.32 Å². The zero-order chi connectivity index (χ0) is 14.8. The molecule has 0 amide bonds. The van der Waals surface area contributed by atoms with E-state index in [0.29, 0.717) is 5.82 Å². The Hall–Kier alpha value is -1.97. The second-order valence-corrected chi connectivity index (χ2v) is 5.91. The number of nitrogens with one attached hydrogen (secondary N) is 1. The van der Waals surface area contributed by atoms with E-state index in [-0.39, 0.29) is 5.41 Å². The molecule has 0 saturated heterocycles. The fourth-order valence-electron chi connectivity index (χ4n) is 1.93. The Labute approximate surface area is 120 Å². The summed E-state index contributed by atoms with van der Waals surface area (Å²) in [6.45, 7) is 11.4. The molecule has 2 aromatic rings. The van der Waals surface area contributed by atoms with E-state index in [9.17, 15) is 0 Å². The van der Waals surface area contributed by atoms with Crippen LogP contribution < -0.4 is 5.32 Å². The second kappa shape index (κ2) is 5.57. The van der Waals surface area contributed by atoms with Gasteiger partial charge in [0.15, 0.2) is 5.82 Å². The van der Waals surface area contributed by atoms with Crippen molar-refractivity contribution >= 4 is 5.82 Å². The van der Waals surface area contributed by atoms with Gasteiger partial charge in [0.25, 0.3) is 0 Å². The maximum Gasteiger partial charge on any atom is 0.180 e. The van der Waals surface area contributed by atoms with Crippen LogP contribution in [0.2, 0.25) is 0 Å². The van der Waals surface area contributed by atoms with Crippen LogP contribution in [0.3, 0.4) is 0 Å². The van der Waals surface area contributed by atoms with Gasteiger partial charge in [-0.05, 0) is 25.5 Å². The van der Waals surface area contributed by atoms with E-state index >= 15 is 0 Å². The first kappa shape index (κ1) is 14.4. The number of pyridine rings is 1. The monoisotopic (exact) mass is 270 g/mol. The number of aromatic nitrogens is 3. The highest BCUT2D eigenvalue weighted by Crippen LogP contribution is 2.26. The highest BCUT2D eigenvalue weighted by Gasteiger charge is 2.19. The highest BCUT2D eigenvalue weighted by atomic mass is 15.0. The Balaban J connectivity index is 2.58. The van der Waals surface area contributed by atoms with Crippen LogP contribution >= 0.6 is 0 Å². The van der Waals surface area contributed by atoms with Crippen molar-refractivity contribution in [3.05, 3.63) is 35.7 Å². The van der Waals surface area contributed by atoms with Gasteiger partial charge in [0, 0.05) is 24.2 Å². The average Bonchev–Trinajstić information content (AvgIpc) is 2.38. The fourth-order valence-corrected chi connectivity index (χ4v) is 1.93. The first-order valence-electron chi connectivity index (χ1n) is 6.97. The molecule has 20 heavy (non-hydrogen) atoms. The second-order valence-electron chi connectivity index (χ2n) is 5.91. The molecule has 0 aromatic carbocycles. The Morgan fingerprint density at radius 2 is 1.95 bits per heavy atom. The molecular formula is C16H22N4. The van der Waals surface area contributed by atoms with E-state index < -0.39 is 0 Å². The molecule has 0 aliphatic carbocycles. The van der Waals surface area contributed by atoms with E-state index in [2.05, 4.69) is 43.0 Å². The molecule has 0 unspecified atom stereocenters. The number of hydrogen-bond acceptors (Lipinski definition) is 4. The summed E-state index contributed by atoms with van der Waals surface area (Å²) >= 11 is 0. The van der Waals surface area contributed by atoms with E-state index in [4.69, 9.17) is 4.98 Å². The van der Waals surface area contributed by atoms with Crippen LogP contribution in [0.15, 0.2) is 24.4 Å². The van der Waals surface area contributed by atoms with Crippen LogP contribution in [0.25, 0.3) is 11.5 Å². The summed E-state index contributed by atoms with van der Waals surface area (Å²) in [7, 11) is 0. The molecule has 0 spiro atoms.